The van der Waals surface area contributed by atoms with Gasteiger partial charge in [-0.1, -0.05) is 18.2 Å². The highest BCUT2D eigenvalue weighted by atomic mass is 127. The molecular formula is C19H25F6IN4. The molecule has 11 heteroatoms. The Morgan fingerprint density at radius 1 is 1.20 bits per heavy atom. The Bertz CT molecular complexity index is 745. The molecule has 1 saturated carbocycles. The van der Waals surface area contributed by atoms with Crippen LogP contribution in [0, 0.1) is 0 Å². The number of rotatable bonds is 5. The number of alkyl halides is 6. The van der Waals surface area contributed by atoms with Gasteiger partial charge in [-0.2, -0.15) is 26.3 Å². The fraction of sp³-hybridized carbons (Fsp3) is 0.632. The summed E-state index contributed by atoms with van der Waals surface area (Å²) in [4.78, 5) is 5.45. The predicted molar refractivity (Wildman–Crippen MR) is 113 cm³/mol. The third-order valence-corrected chi connectivity index (χ3v) is 5.49. The Labute approximate surface area is 188 Å². The number of halogens is 7. The molecular weight excluding hydrogens is 525 g/mol. The Kier molecular flexibility index (Phi) is 7.92. The lowest BCUT2D eigenvalue weighted by Crippen LogP contribution is -2.47. The van der Waals surface area contributed by atoms with E-state index in [1.165, 1.54) is 17.0 Å². The Morgan fingerprint density at radius 3 is 2.47 bits per heavy atom. The highest BCUT2D eigenvalue weighted by Gasteiger charge is 2.45. The number of guanidine groups is 1. The Balaban J connectivity index is 0.00000320. The third kappa shape index (κ3) is 6.63. The number of hydrogen-bond donors (Lipinski definition) is 2. The van der Waals surface area contributed by atoms with Crippen molar-refractivity contribution in [3.8, 4) is 0 Å². The third-order valence-electron chi connectivity index (χ3n) is 5.49. The SMILES string of the molecule is CN=C(NCC1(c2cccc(C(F)(F)F)c2)CC1)NC1CCN(CC(F)(F)F)C1.I. The molecule has 1 atom stereocenters. The maximum atomic E-state index is 13.0. The van der Waals surface area contributed by atoms with E-state index in [2.05, 4.69) is 15.6 Å². The zero-order valence-electron chi connectivity index (χ0n) is 16.4. The van der Waals surface area contributed by atoms with Crippen LogP contribution in [0.4, 0.5) is 26.3 Å². The highest BCUT2D eigenvalue weighted by Crippen LogP contribution is 2.48. The smallest absolute Gasteiger partial charge is 0.356 e. The van der Waals surface area contributed by atoms with Gasteiger partial charge in [-0.15, -0.1) is 24.0 Å². The largest absolute Gasteiger partial charge is 0.416 e. The minimum Gasteiger partial charge on any atom is -0.356 e. The lowest BCUT2D eigenvalue weighted by Gasteiger charge is -2.22. The molecule has 2 aliphatic rings. The molecule has 1 aromatic rings. The van der Waals surface area contributed by atoms with Crippen LogP contribution in [0.2, 0.25) is 0 Å². The van der Waals surface area contributed by atoms with Gasteiger partial charge in [0.25, 0.3) is 0 Å². The molecule has 1 unspecified atom stereocenters. The number of aliphatic imine (C=N–C) groups is 1. The van der Waals surface area contributed by atoms with Crippen molar-refractivity contribution in [2.45, 2.75) is 43.1 Å². The summed E-state index contributed by atoms with van der Waals surface area (Å²) >= 11 is 0. The number of benzene rings is 1. The van der Waals surface area contributed by atoms with Crippen LogP contribution in [-0.2, 0) is 11.6 Å². The van der Waals surface area contributed by atoms with E-state index in [4.69, 9.17) is 0 Å². The van der Waals surface area contributed by atoms with Crippen molar-refractivity contribution in [3.05, 3.63) is 35.4 Å². The first-order valence-corrected chi connectivity index (χ1v) is 9.45. The molecule has 0 radical (unpaired) electrons. The van der Waals surface area contributed by atoms with Crippen LogP contribution in [-0.4, -0.2) is 56.3 Å². The van der Waals surface area contributed by atoms with Crippen molar-refractivity contribution < 1.29 is 26.3 Å². The van der Waals surface area contributed by atoms with Gasteiger partial charge in [-0.25, -0.2) is 0 Å². The minimum absolute atomic E-state index is 0. The highest BCUT2D eigenvalue weighted by molar-refractivity contribution is 14.0. The second kappa shape index (κ2) is 9.49. The van der Waals surface area contributed by atoms with Crippen LogP contribution < -0.4 is 10.6 Å². The topological polar surface area (TPSA) is 39.7 Å². The van der Waals surface area contributed by atoms with Crippen LogP contribution in [0.5, 0.6) is 0 Å². The molecule has 0 bridgehead atoms. The second-order valence-electron chi connectivity index (χ2n) is 7.76. The second-order valence-corrected chi connectivity index (χ2v) is 7.76. The zero-order chi connectivity index (χ0) is 21.3. The normalized spacial score (nSPS) is 21.8. The van der Waals surface area contributed by atoms with Crippen LogP contribution in [0.1, 0.15) is 30.4 Å². The average molecular weight is 550 g/mol. The zero-order valence-corrected chi connectivity index (χ0v) is 18.7. The summed E-state index contributed by atoms with van der Waals surface area (Å²) in [5.74, 6) is 0.446. The van der Waals surface area contributed by atoms with Crippen LogP contribution in [0.15, 0.2) is 29.3 Å². The van der Waals surface area contributed by atoms with Gasteiger partial charge in [-0.05, 0) is 30.9 Å². The van der Waals surface area contributed by atoms with Crippen molar-refractivity contribution in [3.63, 3.8) is 0 Å². The summed E-state index contributed by atoms with van der Waals surface area (Å²) in [6.07, 6.45) is -6.52. The molecule has 0 aromatic heterocycles. The quantitative estimate of drug-likeness (QED) is 0.251. The standard InChI is InChI=1S/C19H24F6N4.HI/c1-26-16(28-15-5-8-29(10-15)12-18(20,21)22)27-11-17(6-7-17)13-3-2-4-14(9-13)19(23,24)25;/h2-4,9,15H,5-8,10-12H2,1H3,(H2,26,27,28);1H. The molecule has 30 heavy (non-hydrogen) atoms. The summed E-state index contributed by atoms with van der Waals surface area (Å²) in [5.41, 5.74) is -0.413. The average Bonchev–Trinajstić information content (AvgIpc) is 3.31. The lowest BCUT2D eigenvalue weighted by atomic mass is 9.94. The fourth-order valence-corrected chi connectivity index (χ4v) is 3.73. The van der Waals surface area contributed by atoms with E-state index >= 15 is 0 Å². The first-order chi connectivity index (χ1) is 13.5. The number of likely N-dealkylation sites (tertiary alicyclic amines) is 1. The van der Waals surface area contributed by atoms with Gasteiger partial charge in [0.1, 0.15) is 0 Å². The Morgan fingerprint density at radius 2 is 1.90 bits per heavy atom. The predicted octanol–water partition coefficient (Wildman–Crippen LogP) is 4.16. The van der Waals surface area contributed by atoms with Gasteiger partial charge in [0.2, 0.25) is 0 Å². The molecule has 170 valence electrons. The maximum absolute atomic E-state index is 13.0. The van der Waals surface area contributed by atoms with E-state index in [9.17, 15) is 26.3 Å². The summed E-state index contributed by atoms with van der Waals surface area (Å²) in [5, 5.41) is 6.25. The van der Waals surface area contributed by atoms with Crippen LogP contribution in [0.3, 0.4) is 0 Å². The van der Waals surface area contributed by atoms with Crippen LogP contribution in [0.25, 0.3) is 0 Å². The molecule has 0 spiro atoms. The molecule has 1 aromatic carbocycles. The number of hydrogen-bond acceptors (Lipinski definition) is 2. The summed E-state index contributed by atoms with van der Waals surface area (Å²) in [6.45, 7) is 0.0875. The molecule has 3 rings (SSSR count). The molecule has 1 heterocycles. The van der Waals surface area contributed by atoms with E-state index in [1.54, 1.807) is 13.1 Å². The molecule has 2 N–H and O–H groups in total. The molecule has 4 nitrogen and oxygen atoms in total. The van der Waals surface area contributed by atoms with Crippen molar-refractivity contribution in [2.75, 3.05) is 33.2 Å². The summed E-state index contributed by atoms with van der Waals surface area (Å²) in [6, 6.07) is 5.20. The van der Waals surface area contributed by atoms with E-state index in [-0.39, 0.29) is 42.0 Å². The Hall–Kier alpha value is -1.24. The summed E-state index contributed by atoms with van der Waals surface area (Å²) < 4.78 is 76.5. The monoisotopic (exact) mass is 550 g/mol. The van der Waals surface area contributed by atoms with E-state index in [1.807, 2.05) is 0 Å². The van der Waals surface area contributed by atoms with Gasteiger partial charge in [0, 0.05) is 38.1 Å². The number of nitrogens with one attached hydrogen (secondary N) is 2. The van der Waals surface area contributed by atoms with Gasteiger partial charge in [-0.3, -0.25) is 9.89 Å². The van der Waals surface area contributed by atoms with Gasteiger partial charge in [0.05, 0.1) is 12.1 Å². The maximum Gasteiger partial charge on any atom is 0.416 e. The molecule has 2 fully saturated rings. The van der Waals surface area contributed by atoms with Crippen molar-refractivity contribution >= 4 is 29.9 Å². The van der Waals surface area contributed by atoms with Crippen molar-refractivity contribution in [1.29, 1.82) is 0 Å². The molecule has 1 aliphatic heterocycles. The van der Waals surface area contributed by atoms with E-state index < -0.39 is 24.5 Å². The molecule has 0 amide bonds. The van der Waals surface area contributed by atoms with Crippen molar-refractivity contribution in [1.82, 2.24) is 15.5 Å². The minimum atomic E-state index is -4.39. The van der Waals surface area contributed by atoms with Gasteiger partial charge < -0.3 is 10.6 Å². The first-order valence-electron chi connectivity index (χ1n) is 9.45. The summed E-state index contributed by atoms with van der Waals surface area (Å²) in [7, 11) is 1.56. The molecule has 1 aliphatic carbocycles. The van der Waals surface area contributed by atoms with E-state index in [0.717, 1.165) is 18.9 Å². The van der Waals surface area contributed by atoms with Gasteiger partial charge in [0.15, 0.2) is 5.96 Å². The first kappa shape index (κ1) is 25.0. The number of nitrogens with zero attached hydrogens (tertiary/aromatic N) is 2. The van der Waals surface area contributed by atoms with E-state index in [0.29, 0.717) is 31.0 Å². The fourth-order valence-electron chi connectivity index (χ4n) is 3.73. The van der Waals surface area contributed by atoms with Gasteiger partial charge >= 0.3 is 12.4 Å². The van der Waals surface area contributed by atoms with Crippen molar-refractivity contribution in [2.24, 2.45) is 4.99 Å². The lowest BCUT2D eigenvalue weighted by molar-refractivity contribution is -0.143. The van der Waals surface area contributed by atoms with Crippen LogP contribution >= 0.6 is 24.0 Å². The molecule has 1 saturated heterocycles.